The Morgan fingerprint density at radius 2 is 1.83 bits per heavy atom. The number of piperidine rings is 1. The number of rotatable bonds is 8. The van der Waals surface area contributed by atoms with Crippen molar-refractivity contribution in [1.29, 1.82) is 0 Å². The molecule has 1 unspecified atom stereocenters. The Bertz CT molecular complexity index is 1160. The van der Waals surface area contributed by atoms with Crippen LogP contribution in [0.3, 0.4) is 0 Å². The topological polar surface area (TPSA) is 93.8 Å². The van der Waals surface area contributed by atoms with Crippen molar-refractivity contribution in [3.63, 3.8) is 0 Å². The van der Waals surface area contributed by atoms with Crippen molar-refractivity contribution < 1.29 is 18.0 Å². The maximum absolute atomic E-state index is 13.6. The normalized spacial score (nSPS) is 15.8. The van der Waals surface area contributed by atoms with Gasteiger partial charge >= 0.3 is 6.18 Å². The Balaban J connectivity index is 0.00000361. The van der Waals surface area contributed by atoms with Gasteiger partial charge in [-0.25, -0.2) is 9.97 Å². The smallest absolute Gasteiger partial charge is 0.369 e. The number of halogens is 3. The largest absolute Gasteiger partial charge is 0.419 e. The molecule has 3 aromatic rings. The number of amides is 1. The lowest BCUT2D eigenvalue weighted by Crippen LogP contribution is -2.28. The molecule has 36 heavy (non-hydrogen) atoms. The van der Waals surface area contributed by atoms with Crippen molar-refractivity contribution in [2.45, 2.75) is 58.0 Å². The van der Waals surface area contributed by atoms with Gasteiger partial charge in [0, 0.05) is 31.1 Å². The zero-order valence-corrected chi connectivity index (χ0v) is 19.3. The predicted molar refractivity (Wildman–Crippen MR) is 132 cm³/mol. The maximum atomic E-state index is 13.6. The summed E-state index contributed by atoms with van der Waals surface area (Å²) < 4.78 is 40.9. The van der Waals surface area contributed by atoms with E-state index >= 15 is 0 Å². The van der Waals surface area contributed by atoms with Crippen LogP contribution in [-0.4, -0.2) is 33.9 Å². The van der Waals surface area contributed by atoms with Crippen molar-refractivity contribution in [3.8, 4) is 0 Å². The molecule has 1 aliphatic heterocycles. The number of carbonyl (C=O) groups is 1. The SMILES string of the molecule is C.NC(=O)Cc1cccnc1CCc1nc(Cc2ccc(C3CCCNC3)cc2)ncc1C(F)(F)F. The van der Waals surface area contributed by atoms with Crippen LogP contribution in [0.1, 0.15) is 65.7 Å². The molecule has 192 valence electrons. The number of benzene rings is 1. The van der Waals surface area contributed by atoms with E-state index in [9.17, 15) is 18.0 Å². The van der Waals surface area contributed by atoms with Crippen molar-refractivity contribution >= 4 is 5.91 Å². The lowest BCUT2D eigenvalue weighted by atomic mass is 9.91. The van der Waals surface area contributed by atoms with Gasteiger partial charge in [-0.2, -0.15) is 13.2 Å². The summed E-state index contributed by atoms with van der Waals surface area (Å²) in [4.78, 5) is 23.9. The molecule has 1 atom stereocenters. The molecular formula is C27H32F3N5O. The average Bonchev–Trinajstić information content (AvgIpc) is 2.83. The van der Waals surface area contributed by atoms with E-state index in [0.29, 0.717) is 29.4 Å². The minimum absolute atomic E-state index is 0. The number of pyridine rings is 1. The van der Waals surface area contributed by atoms with Crippen LogP contribution in [0, 0.1) is 0 Å². The molecule has 1 amide bonds. The quantitative estimate of drug-likeness (QED) is 0.479. The maximum Gasteiger partial charge on any atom is 0.419 e. The van der Waals surface area contributed by atoms with Crippen LogP contribution in [0.25, 0.3) is 0 Å². The van der Waals surface area contributed by atoms with Crippen LogP contribution in [0.2, 0.25) is 0 Å². The van der Waals surface area contributed by atoms with Gasteiger partial charge in [0.15, 0.2) is 0 Å². The third kappa shape index (κ3) is 7.10. The van der Waals surface area contributed by atoms with Gasteiger partial charge in [-0.3, -0.25) is 9.78 Å². The van der Waals surface area contributed by atoms with Gasteiger partial charge in [0.05, 0.1) is 17.7 Å². The van der Waals surface area contributed by atoms with Crippen molar-refractivity contribution in [2.75, 3.05) is 13.1 Å². The lowest BCUT2D eigenvalue weighted by Gasteiger charge is -2.23. The molecule has 1 aromatic carbocycles. The van der Waals surface area contributed by atoms with E-state index < -0.39 is 17.6 Å². The molecule has 3 N–H and O–H groups in total. The van der Waals surface area contributed by atoms with E-state index in [2.05, 4.69) is 32.4 Å². The van der Waals surface area contributed by atoms with E-state index in [1.807, 2.05) is 12.1 Å². The molecule has 6 nitrogen and oxygen atoms in total. The molecule has 0 bridgehead atoms. The number of hydrogen-bond acceptors (Lipinski definition) is 5. The highest BCUT2D eigenvalue weighted by Crippen LogP contribution is 2.32. The second-order valence-electron chi connectivity index (χ2n) is 8.86. The standard InChI is InChI=1S/C26H28F3N5O.CH4/c27-26(28,29)21-16-33-25(13-17-5-7-18(8-6-17)20-4-1-11-31-15-20)34-23(21)10-9-22-19(14-24(30)35)3-2-12-32-22;/h2-3,5-8,12,16,20,31H,1,4,9-11,13-15H2,(H2,30,35);1H4. The molecule has 0 aliphatic carbocycles. The van der Waals surface area contributed by atoms with Gasteiger partial charge in [-0.05, 0) is 60.9 Å². The van der Waals surface area contributed by atoms with Gasteiger partial charge in [0.1, 0.15) is 5.82 Å². The zero-order chi connectivity index (χ0) is 24.8. The van der Waals surface area contributed by atoms with Gasteiger partial charge in [-0.15, -0.1) is 0 Å². The Morgan fingerprint density at radius 3 is 2.50 bits per heavy atom. The minimum atomic E-state index is -4.57. The molecule has 1 saturated heterocycles. The Labute approximate surface area is 209 Å². The third-order valence-electron chi connectivity index (χ3n) is 6.28. The van der Waals surface area contributed by atoms with E-state index in [4.69, 9.17) is 5.73 Å². The predicted octanol–water partition coefficient (Wildman–Crippen LogP) is 4.40. The highest BCUT2D eigenvalue weighted by molar-refractivity contribution is 5.76. The Hall–Kier alpha value is -3.33. The van der Waals surface area contributed by atoms with Gasteiger partial charge < -0.3 is 11.1 Å². The Morgan fingerprint density at radius 1 is 1.08 bits per heavy atom. The van der Waals surface area contributed by atoms with E-state index in [0.717, 1.165) is 37.7 Å². The first-order valence-electron chi connectivity index (χ1n) is 11.7. The van der Waals surface area contributed by atoms with Gasteiger partial charge in [0.25, 0.3) is 0 Å². The molecule has 0 saturated carbocycles. The van der Waals surface area contributed by atoms with Crippen molar-refractivity contribution in [1.82, 2.24) is 20.3 Å². The fraction of sp³-hybridized carbons (Fsp3) is 0.407. The molecule has 2 aromatic heterocycles. The summed E-state index contributed by atoms with van der Waals surface area (Å²) >= 11 is 0. The van der Waals surface area contributed by atoms with Gasteiger partial charge in [0.2, 0.25) is 5.91 Å². The molecule has 9 heteroatoms. The summed E-state index contributed by atoms with van der Waals surface area (Å²) in [5, 5.41) is 3.41. The van der Waals surface area contributed by atoms with E-state index in [-0.39, 0.29) is 32.4 Å². The molecule has 0 spiro atoms. The molecular weight excluding hydrogens is 467 g/mol. The highest BCUT2D eigenvalue weighted by Gasteiger charge is 2.34. The second kappa shape index (κ2) is 12.1. The monoisotopic (exact) mass is 499 g/mol. The molecule has 3 heterocycles. The van der Waals surface area contributed by atoms with Crippen LogP contribution in [0.5, 0.6) is 0 Å². The summed E-state index contributed by atoms with van der Waals surface area (Å²) in [6.45, 7) is 2.01. The van der Waals surface area contributed by atoms with Crippen LogP contribution in [0.4, 0.5) is 13.2 Å². The summed E-state index contributed by atoms with van der Waals surface area (Å²) in [5.74, 6) is 0.293. The number of hydrogen-bond donors (Lipinski definition) is 2. The number of primary amides is 1. The number of nitrogens with one attached hydrogen (secondary N) is 1. The summed E-state index contributed by atoms with van der Waals surface area (Å²) in [7, 11) is 0. The fourth-order valence-corrected chi connectivity index (χ4v) is 4.48. The first-order valence-corrected chi connectivity index (χ1v) is 11.7. The number of nitrogens with zero attached hydrogens (tertiary/aromatic N) is 3. The molecule has 4 rings (SSSR count). The summed E-state index contributed by atoms with van der Waals surface area (Å²) in [6, 6.07) is 11.5. The lowest BCUT2D eigenvalue weighted by molar-refractivity contribution is -0.138. The van der Waals surface area contributed by atoms with Crippen molar-refractivity contribution in [2.24, 2.45) is 5.73 Å². The fourth-order valence-electron chi connectivity index (χ4n) is 4.48. The summed E-state index contributed by atoms with van der Waals surface area (Å²) in [6.07, 6.45) is 0.678. The van der Waals surface area contributed by atoms with Crippen LogP contribution < -0.4 is 11.1 Å². The third-order valence-corrected chi connectivity index (χ3v) is 6.28. The number of nitrogens with two attached hydrogens (primary N) is 1. The number of aryl methyl sites for hydroxylation is 2. The van der Waals surface area contributed by atoms with Crippen LogP contribution >= 0.6 is 0 Å². The average molecular weight is 500 g/mol. The Kier molecular flexibility index (Phi) is 9.14. The molecule has 1 fully saturated rings. The first kappa shape index (κ1) is 27.3. The van der Waals surface area contributed by atoms with Crippen LogP contribution in [-0.2, 0) is 36.7 Å². The van der Waals surface area contributed by atoms with E-state index in [1.54, 1.807) is 18.3 Å². The first-order chi connectivity index (χ1) is 16.8. The zero-order valence-electron chi connectivity index (χ0n) is 19.3. The minimum Gasteiger partial charge on any atom is -0.369 e. The highest BCUT2D eigenvalue weighted by atomic mass is 19.4. The second-order valence-corrected chi connectivity index (χ2v) is 8.86. The number of aromatic nitrogens is 3. The molecule has 0 radical (unpaired) electrons. The molecule has 1 aliphatic rings. The van der Waals surface area contributed by atoms with Crippen molar-refractivity contribution in [3.05, 3.63) is 88.3 Å². The summed E-state index contributed by atoms with van der Waals surface area (Å²) in [5.41, 5.74) is 7.70. The number of alkyl halides is 3. The van der Waals surface area contributed by atoms with Gasteiger partial charge in [-0.1, -0.05) is 37.8 Å². The van der Waals surface area contributed by atoms with Crippen LogP contribution in [0.15, 0.2) is 48.8 Å². The number of carbonyl (C=O) groups excluding carboxylic acids is 1. The van der Waals surface area contributed by atoms with E-state index in [1.165, 1.54) is 5.56 Å².